The molecule has 0 saturated carbocycles. The van der Waals surface area contributed by atoms with Crippen LogP contribution in [0.25, 0.3) is 0 Å². The van der Waals surface area contributed by atoms with Crippen molar-refractivity contribution in [3.05, 3.63) is 51.7 Å². The third-order valence-corrected chi connectivity index (χ3v) is 7.11. The average molecular weight is 565 g/mol. The fraction of sp³-hybridized carbons (Fsp3) is 0.450. The Kier molecular flexibility index (Phi) is 10.0. The van der Waals surface area contributed by atoms with Crippen molar-refractivity contribution in [2.75, 3.05) is 20.2 Å². The van der Waals surface area contributed by atoms with E-state index in [0.717, 1.165) is 18.4 Å². The van der Waals surface area contributed by atoms with Crippen LogP contribution in [0.1, 0.15) is 28.2 Å². The number of sulfonamides is 1. The highest BCUT2D eigenvalue weighted by Gasteiger charge is 2.20. The van der Waals surface area contributed by atoms with E-state index in [4.69, 9.17) is 4.74 Å². The molecule has 1 aromatic heterocycles. The first-order valence-electron chi connectivity index (χ1n) is 9.66. The maximum atomic E-state index is 12.4. The molecule has 0 spiro atoms. The summed E-state index contributed by atoms with van der Waals surface area (Å²) in [7, 11) is -1.80. The second-order valence-electron chi connectivity index (χ2n) is 6.92. The van der Waals surface area contributed by atoms with Gasteiger partial charge in [-0.2, -0.15) is 0 Å². The highest BCUT2D eigenvalue weighted by Crippen LogP contribution is 2.15. The summed E-state index contributed by atoms with van der Waals surface area (Å²) in [6.45, 7) is 4.37. The largest absolute Gasteiger partial charge is 0.377 e. The van der Waals surface area contributed by atoms with Gasteiger partial charge in [-0.3, -0.25) is 4.99 Å². The van der Waals surface area contributed by atoms with Gasteiger partial charge in [0.15, 0.2) is 5.96 Å². The molecule has 0 bridgehead atoms. The molecule has 0 radical (unpaired) electrons. The van der Waals surface area contributed by atoms with Crippen molar-refractivity contribution in [2.45, 2.75) is 43.9 Å². The van der Waals surface area contributed by atoms with Crippen LogP contribution in [0.4, 0.5) is 0 Å². The number of guanidine groups is 1. The SMILES string of the molecule is CN=C(NCc1ccc(S(=O)(=O)NCC2CCCO2)cc1)NCc1ccc(C)s1.I. The predicted octanol–water partition coefficient (Wildman–Crippen LogP) is 3.00. The molecule has 3 rings (SSSR count). The van der Waals surface area contributed by atoms with E-state index in [0.29, 0.717) is 32.2 Å². The fourth-order valence-electron chi connectivity index (χ4n) is 3.04. The Balaban J connectivity index is 0.00000320. The smallest absolute Gasteiger partial charge is 0.240 e. The minimum atomic E-state index is -3.52. The second-order valence-corrected chi connectivity index (χ2v) is 10.1. The molecule has 30 heavy (non-hydrogen) atoms. The van der Waals surface area contributed by atoms with Gasteiger partial charge in [-0.05, 0) is 49.6 Å². The van der Waals surface area contributed by atoms with E-state index in [1.54, 1.807) is 30.5 Å². The van der Waals surface area contributed by atoms with E-state index in [-0.39, 0.29) is 35.0 Å². The molecule has 1 fully saturated rings. The number of nitrogens with one attached hydrogen (secondary N) is 3. The van der Waals surface area contributed by atoms with Crippen LogP contribution in [0.3, 0.4) is 0 Å². The van der Waals surface area contributed by atoms with Crippen molar-refractivity contribution in [3.63, 3.8) is 0 Å². The molecule has 0 aliphatic carbocycles. The number of thiophene rings is 1. The summed E-state index contributed by atoms with van der Waals surface area (Å²) in [5, 5.41) is 6.53. The fourth-order valence-corrected chi connectivity index (χ4v) is 4.93. The summed E-state index contributed by atoms with van der Waals surface area (Å²) in [5.74, 6) is 0.700. The summed E-state index contributed by atoms with van der Waals surface area (Å²) < 4.78 is 32.9. The molecule has 7 nitrogen and oxygen atoms in total. The van der Waals surface area contributed by atoms with Crippen molar-refractivity contribution in [3.8, 4) is 0 Å². The van der Waals surface area contributed by atoms with Crippen molar-refractivity contribution in [1.29, 1.82) is 0 Å². The van der Waals surface area contributed by atoms with E-state index in [9.17, 15) is 8.42 Å². The number of halogens is 1. The quantitative estimate of drug-likeness (QED) is 0.261. The molecule has 1 saturated heterocycles. The van der Waals surface area contributed by atoms with Crippen LogP contribution in [0.15, 0.2) is 46.3 Å². The Labute approximate surface area is 199 Å². The minimum Gasteiger partial charge on any atom is -0.377 e. The lowest BCUT2D eigenvalue weighted by Gasteiger charge is -2.13. The predicted molar refractivity (Wildman–Crippen MR) is 132 cm³/mol. The van der Waals surface area contributed by atoms with Gasteiger partial charge in [-0.15, -0.1) is 35.3 Å². The maximum Gasteiger partial charge on any atom is 0.240 e. The Hall–Kier alpha value is -1.21. The van der Waals surface area contributed by atoms with E-state index in [2.05, 4.69) is 39.4 Å². The van der Waals surface area contributed by atoms with Crippen molar-refractivity contribution >= 4 is 51.3 Å². The molecule has 1 atom stereocenters. The molecular formula is C20H29IN4O3S2. The van der Waals surface area contributed by atoms with E-state index >= 15 is 0 Å². The third kappa shape index (κ3) is 7.49. The summed E-state index contributed by atoms with van der Waals surface area (Å²) in [6.07, 6.45) is 1.86. The first-order chi connectivity index (χ1) is 14.0. The number of ether oxygens (including phenoxy) is 1. The van der Waals surface area contributed by atoms with Crippen LogP contribution in [0.2, 0.25) is 0 Å². The standard InChI is InChI=1S/C20H28N4O3S2.HI/c1-15-5-8-18(28-15)14-23-20(21-2)22-12-16-6-9-19(10-7-16)29(25,26)24-13-17-4-3-11-27-17;/h5-10,17,24H,3-4,11-14H2,1-2H3,(H2,21,22,23);1H. The van der Waals surface area contributed by atoms with Gasteiger partial charge < -0.3 is 15.4 Å². The summed E-state index contributed by atoms with van der Waals surface area (Å²) in [6, 6.07) is 11.1. The molecular weight excluding hydrogens is 535 g/mol. The van der Waals surface area contributed by atoms with Crippen molar-refractivity contribution < 1.29 is 13.2 Å². The number of rotatable bonds is 8. The van der Waals surface area contributed by atoms with Gasteiger partial charge in [0.25, 0.3) is 0 Å². The molecule has 1 aliphatic rings. The lowest BCUT2D eigenvalue weighted by molar-refractivity contribution is 0.114. The lowest BCUT2D eigenvalue weighted by atomic mass is 10.2. The first-order valence-corrected chi connectivity index (χ1v) is 12.0. The van der Waals surface area contributed by atoms with Gasteiger partial charge in [-0.1, -0.05) is 12.1 Å². The number of aryl methyl sites for hydroxylation is 1. The normalized spacial score (nSPS) is 16.9. The van der Waals surface area contributed by atoms with E-state index < -0.39 is 10.0 Å². The Bertz CT molecular complexity index is 924. The highest BCUT2D eigenvalue weighted by atomic mass is 127. The molecule has 1 aliphatic heterocycles. The van der Waals surface area contributed by atoms with Gasteiger partial charge in [0.1, 0.15) is 0 Å². The average Bonchev–Trinajstić information content (AvgIpc) is 3.39. The minimum absolute atomic E-state index is 0. The maximum absolute atomic E-state index is 12.4. The molecule has 1 aromatic carbocycles. The number of hydrogen-bond acceptors (Lipinski definition) is 5. The van der Waals surface area contributed by atoms with Crippen LogP contribution >= 0.6 is 35.3 Å². The number of nitrogens with zero attached hydrogens (tertiary/aromatic N) is 1. The number of aliphatic imine (C=N–C) groups is 1. The van der Waals surface area contributed by atoms with Gasteiger partial charge in [0.2, 0.25) is 10.0 Å². The molecule has 1 unspecified atom stereocenters. The van der Waals surface area contributed by atoms with Crippen molar-refractivity contribution in [1.82, 2.24) is 15.4 Å². The molecule has 166 valence electrons. The number of hydrogen-bond donors (Lipinski definition) is 3. The Morgan fingerprint density at radius 1 is 1.17 bits per heavy atom. The van der Waals surface area contributed by atoms with E-state index in [1.165, 1.54) is 9.75 Å². The molecule has 10 heteroatoms. The van der Waals surface area contributed by atoms with Crippen LogP contribution < -0.4 is 15.4 Å². The van der Waals surface area contributed by atoms with Crippen LogP contribution in [0, 0.1) is 6.92 Å². The zero-order chi connectivity index (χ0) is 20.7. The van der Waals surface area contributed by atoms with Crippen LogP contribution in [-0.2, 0) is 27.8 Å². The Morgan fingerprint density at radius 2 is 1.90 bits per heavy atom. The van der Waals surface area contributed by atoms with Gasteiger partial charge in [0, 0.05) is 36.5 Å². The van der Waals surface area contributed by atoms with E-state index in [1.807, 2.05) is 12.1 Å². The van der Waals surface area contributed by atoms with Gasteiger partial charge >= 0.3 is 0 Å². The summed E-state index contributed by atoms with van der Waals surface area (Å²) >= 11 is 1.75. The summed E-state index contributed by atoms with van der Waals surface area (Å²) in [5.41, 5.74) is 0.970. The molecule has 2 aromatic rings. The monoisotopic (exact) mass is 564 g/mol. The van der Waals surface area contributed by atoms with Gasteiger partial charge in [0.05, 0.1) is 17.5 Å². The number of benzene rings is 1. The molecule has 2 heterocycles. The Morgan fingerprint density at radius 3 is 2.50 bits per heavy atom. The van der Waals surface area contributed by atoms with Crippen LogP contribution in [-0.4, -0.2) is 40.7 Å². The zero-order valence-electron chi connectivity index (χ0n) is 17.2. The topological polar surface area (TPSA) is 91.8 Å². The molecule has 3 N–H and O–H groups in total. The van der Waals surface area contributed by atoms with Gasteiger partial charge in [-0.25, -0.2) is 13.1 Å². The highest BCUT2D eigenvalue weighted by molar-refractivity contribution is 14.0. The first kappa shape index (κ1) is 25.1. The second kappa shape index (κ2) is 12.0. The summed E-state index contributed by atoms with van der Waals surface area (Å²) in [4.78, 5) is 7.01. The van der Waals surface area contributed by atoms with Crippen LogP contribution in [0.5, 0.6) is 0 Å². The lowest BCUT2D eigenvalue weighted by Crippen LogP contribution is -2.36. The third-order valence-electron chi connectivity index (χ3n) is 4.67. The molecule has 0 amide bonds. The zero-order valence-corrected chi connectivity index (χ0v) is 21.1. The van der Waals surface area contributed by atoms with Crippen molar-refractivity contribution in [2.24, 2.45) is 4.99 Å².